The van der Waals surface area contributed by atoms with Crippen molar-refractivity contribution < 1.29 is 14.6 Å². The SMILES string of the molecule is CC(C)(C)n1cc(C#N)c2c1NC1=C(C(=O)OC1)[C@H]2c1ccc(O)cc1. The van der Waals surface area contributed by atoms with Gasteiger partial charge in [-0.2, -0.15) is 5.26 Å². The van der Waals surface area contributed by atoms with Crippen molar-refractivity contribution in [2.24, 2.45) is 0 Å². The molecule has 1 aromatic heterocycles. The molecule has 132 valence electrons. The molecule has 0 aliphatic carbocycles. The molecule has 2 aliphatic heterocycles. The Morgan fingerprint density at radius 1 is 1.31 bits per heavy atom. The van der Waals surface area contributed by atoms with Gasteiger partial charge < -0.3 is 19.7 Å². The molecule has 26 heavy (non-hydrogen) atoms. The lowest BCUT2D eigenvalue weighted by molar-refractivity contribution is -0.136. The highest BCUT2D eigenvalue weighted by atomic mass is 16.5. The van der Waals surface area contributed by atoms with Crippen molar-refractivity contribution in [2.75, 3.05) is 11.9 Å². The second-order valence-electron chi connectivity index (χ2n) is 7.58. The lowest BCUT2D eigenvalue weighted by Gasteiger charge is -2.30. The lowest BCUT2D eigenvalue weighted by atomic mass is 9.81. The van der Waals surface area contributed by atoms with Crippen LogP contribution < -0.4 is 5.32 Å². The molecule has 0 radical (unpaired) electrons. The number of cyclic esters (lactones) is 1. The van der Waals surface area contributed by atoms with Crippen LogP contribution in [0.3, 0.4) is 0 Å². The number of ether oxygens (including phenoxy) is 1. The third-order valence-corrected chi connectivity index (χ3v) is 4.85. The predicted octanol–water partition coefficient (Wildman–Crippen LogP) is 3.19. The molecule has 2 aromatic rings. The molecule has 2 aliphatic rings. The van der Waals surface area contributed by atoms with Crippen molar-refractivity contribution >= 4 is 11.8 Å². The number of phenolic OH excluding ortho intramolecular Hbond substituents is 1. The third kappa shape index (κ3) is 2.28. The van der Waals surface area contributed by atoms with Crippen LogP contribution in [-0.4, -0.2) is 22.2 Å². The summed E-state index contributed by atoms with van der Waals surface area (Å²) >= 11 is 0. The van der Waals surface area contributed by atoms with Crippen molar-refractivity contribution in [3.63, 3.8) is 0 Å². The maximum absolute atomic E-state index is 12.4. The number of nitrogens with zero attached hydrogens (tertiary/aromatic N) is 2. The van der Waals surface area contributed by atoms with Crippen LogP contribution in [0.1, 0.15) is 43.4 Å². The number of carbonyl (C=O) groups is 1. The van der Waals surface area contributed by atoms with Crippen molar-refractivity contribution in [3.05, 3.63) is 58.4 Å². The van der Waals surface area contributed by atoms with E-state index >= 15 is 0 Å². The molecule has 2 N–H and O–H groups in total. The maximum Gasteiger partial charge on any atom is 0.337 e. The van der Waals surface area contributed by atoms with Crippen LogP contribution in [0.5, 0.6) is 5.75 Å². The molecule has 0 spiro atoms. The van der Waals surface area contributed by atoms with Gasteiger partial charge in [-0.25, -0.2) is 4.79 Å². The molecular weight excluding hydrogens is 330 g/mol. The van der Waals surface area contributed by atoms with Gasteiger partial charge in [-0.3, -0.25) is 0 Å². The molecule has 0 fully saturated rings. The van der Waals surface area contributed by atoms with Crippen LogP contribution >= 0.6 is 0 Å². The highest BCUT2D eigenvalue weighted by Crippen LogP contribution is 2.47. The smallest absolute Gasteiger partial charge is 0.337 e. The van der Waals surface area contributed by atoms with Gasteiger partial charge in [0.15, 0.2) is 0 Å². The second-order valence-corrected chi connectivity index (χ2v) is 7.58. The summed E-state index contributed by atoms with van der Waals surface area (Å²) in [6.07, 6.45) is 1.83. The predicted molar refractivity (Wildman–Crippen MR) is 95.7 cm³/mol. The molecule has 6 nitrogen and oxygen atoms in total. The summed E-state index contributed by atoms with van der Waals surface area (Å²) in [5.74, 6) is 0.182. The van der Waals surface area contributed by atoms with Crippen molar-refractivity contribution in [3.8, 4) is 11.8 Å². The van der Waals surface area contributed by atoms with Gasteiger partial charge in [0.1, 0.15) is 24.2 Å². The van der Waals surface area contributed by atoms with Crippen LogP contribution in [0.4, 0.5) is 5.82 Å². The molecule has 0 saturated heterocycles. The Balaban J connectivity index is 2.01. The molecular formula is C20H19N3O3. The summed E-state index contributed by atoms with van der Waals surface area (Å²) in [7, 11) is 0. The Morgan fingerprint density at radius 2 is 2.00 bits per heavy atom. The van der Waals surface area contributed by atoms with E-state index in [2.05, 4.69) is 32.2 Å². The second kappa shape index (κ2) is 5.40. The van der Waals surface area contributed by atoms with Gasteiger partial charge >= 0.3 is 5.97 Å². The normalized spacial score (nSPS) is 18.7. The molecule has 0 unspecified atom stereocenters. The quantitative estimate of drug-likeness (QED) is 0.772. The Hall–Kier alpha value is -3.20. The minimum atomic E-state index is -0.407. The number of nitriles is 1. The van der Waals surface area contributed by atoms with E-state index in [-0.39, 0.29) is 23.9 Å². The van der Waals surface area contributed by atoms with Crippen molar-refractivity contribution in [2.45, 2.75) is 32.2 Å². The fraction of sp³-hybridized carbons (Fsp3) is 0.300. The first kappa shape index (κ1) is 16.3. The number of hydrogen-bond acceptors (Lipinski definition) is 5. The van der Waals surface area contributed by atoms with Gasteiger partial charge in [0, 0.05) is 23.2 Å². The Kier molecular flexibility index (Phi) is 3.38. The van der Waals surface area contributed by atoms with E-state index in [4.69, 9.17) is 4.74 Å². The van der Waals surface area contributed by atoms with Gasteiger partial charge in [-0.05, 0) is 38.5 Å². The fourth-order valence-electron chi connectivity index (χ4n) is 3.66. The molecule has 4 rings (SSSR count). The van der Waals surface area contributed by atoms with E-state index in [0.717, 1.165) is 22.6 Å². The van der Waals surface area contributed by atoms with E-state index in [0.29, 0.717) is 11.1 Å². The van der Waals surface area contributed by atoms with E-state index in [1.54, 1.807) is 24.3 Å². The lowest BCUT2D eigenvalue weighted by Crippen LogP contribution is -2.26. The summed E-state index contributed by atoms with van der Waals surface area (Å²) in [5, 5.41) is 22.7. The summed E-state index contributed by atoms with van der Waals surface area (Å²) in [6, 6.07) is 9.00. The summed E-state index contributed by atoms with van der Waals surface area (Å²) in [6.45, 7) is 6.38. The number of rotatable bonds is 1. The first-order valence-electron chi connectivity index (χ1n) is 8.43. The van der Waals surface area contributed by atoms with E-state index < -0.39 is 5.92 Å². The molecule has 3 heterocycles. The average molecular weight is 349 g/mol. The van der Waals surface area contributed by atoms with Gasteiger partial charge in [-0.1, -0.05) is 12.1 Å². The molecule has 1 atom stereocenters. The third-order valence-electron chi connectivity index (χ3n) is 4.85. The largest absolute Gasteiger partial charge is 0.508 e. The highest BCUT2D eigenvalue weighted by molar-refractivity contribution is 5.97. The van der Waals surface area contributed by atoms with Crippen molar-refractivity contribution in [1.82, 2.24) is 4.57 Å². The number of aromatic hydroxyl groups is 1. The molecule has 0 saturated carbocycles. The van der Waals surface area contributed by atoms with E-state index in [1.165, 1.54) is 0 Å². The minimum absolute atomic E-state index is 0.152. The van der Waals surface area contributed by atoms with Crippen LogP contribution in [0, 0.1) is 11.3 Å². The topological polar surface area (TPSA) is 87.3 Å². The Bertz CT molecular complexity index is 985. The summed E-state index contributed by atoms with van der Waals surface area (Å²) < 4.78 is 7.29. The number of benzene rings is 1. The van der Waals surface area contributed by atoms with Gasteiger partial charge in [0.25, 0.3) is 0 Å². The molecule has 6 heteroatoms. The number of nitrogens with one attached hydrogen (secondary N) is 1. The van der Waals surface area contributed by atoms with Crippen LogP contribution in [0.25, 0.3) is 0 Å². The van der Waals surface area contributed by atoms with Crippen LogP contribution in [0.2, 0.25) is 0 Å². The van der Waals surface area contributed by atoms with Gasteiger partial charge in [0.05, 0.1) is 16.8 Å². The Labute approximate surface area is 151 Å². The number of aromatic nitrogens is 1. The zero-order chi connectivity index (χ0) is 18.6. The minimum Gasteiger partial charge on any atom is -0.508 e. The van der Waals surface area contributed by atoms with Gasteiger partial charge in [-0.15, -0.1) is 0 Å². The first-order valence-corrected chi connectivity index (χ1v) is 8.43. The standard InChI is InChI=1S/C20H19N3O3/c1-20(2,3)23-9-12(8-21)16-15(11-4-6-13(24)7-5-11)17-14(22-18(16)23)10-26-19(17)25/h4-7,9,15,22,24H,10H2,1-3H3/t15-/m0/s1. The number of anilines is 1. The highest BCUT2D eigenvalue weighted by Gasteiger charge is 2.42. The van der Waals surface area contributed by atoms with Crippen LogP contribution in [-0.2, 0) is 15.1 Å². The number of hydrogen-bond donors (Lipinski definition) is 2. The molecule has 0 amide bonds. The number of carbonyl (C=O) groups excluding carboxylic acids is 1. The molecule has 1 aromatic carbocycles. The number of phenols is 1. The number of esters is 1. The van der Waals surface area contributed by atoms with Crippen molar-refractivity contribution in [1.29, 1.82) is 5.26 Å². The number of fused-ring (bicyclic) bond motifs is 1. The average Bonchev–Trinajstić information content (AvgIpc) is 3.15. The monoisotopic (exact) mass is 349 g/mol. The first-order chi connectivity index (χ1) is 12.3. The van der Waals surface area contributed by atoms with E-state index in [9.17, 15) is 15.2 Å². The van der Waals surface area contributed by atoms with Gasteiger partial charge in [0.2, 0.25) is 0 Å². The zero-order valence-corrected chi connectivity index (χ0v) is 14.8. The Morgan fingerprint density at radius 3 is 2.62 bits per heavy atom. The fourth-order valence-corrected chi connectivity index (χ4v) is 3.66. The van der Waals surface area contributed by atoms with E-state index in [1.807, 2.05) is 10.8 Å². The summed E-state index contributed by atoms with van der Waals surface area (Å²) in [4.78, 5) is 12.4. The van der Waals surface area contributed by atoms with Crippen LogP contribution in [0.15, 0.2) is 41.7 Å². The molecule has 0 bridgehead atoms. The zero-order valence-electron chi connectivity index (χ0n) is 14.8. The maximum atomic E-state index is 12.4. The summed E-state index contributed by atoms with van der Waals surface area (Å²) in [5.41, 5.74) is 3.14.